The van der Waals surface area contributed by atoms with Gasteiger partial charge in [-0.1, -0.05) is 24.3 Å². The molecule has 0 aliphatic carbocycles. The summed E-state index contributed by atoms with van der Waals surface area (Å²) in [6, 6.07) is 12.3. The normalized spacial score (nSPS) is 10.7. The quantitative estimate of drug-likeness (QED) is 0.575. The lowest BCUT2D eigenvalue weighted by molar-refractivity contribution is 0.324. The predicted molar refractivity (Wildman–Crippen MR) is 93.2 cm³/mol. The van der Waals surface area contributed by atoms with Crippen molar-refractivity contribution in [3.8, 4) is 17.2 Å². The number of benzene rings is 2. The van der Waals surface area contributed by atoms with Crippen molar-refractivity contribution < 1.29 is 14.2 Å². The number of ether oxygens (including phenoxy) is 3. The fourth-order valence-electron chi connectivity index (χ4n) is 2.11. The highest BCUT2D eigenvalue weighted by atomic mass is 32.2. The topological polar surface area (TPSA) is 27.7 Å². The van der Waals surface area contributed by atoms with Crippen LogP contribution in [0.1, 0.15) is 11.1 Å². The van der Waals surface area contributed by atoms with Gasteiger partial charge in [-0.15, -0.1) is 11.8 Å². The van der Waals surface area contributed by atoms with Gasteiger partial charge in [0.2, 0.25) is 5.75 Å². The van der Waals surface area contributed by atoms with E-state index in [1.54, 1.807) is 33.1 Å². The van der Waals surface area contributed by atoms with Crippen LogP contribution in [0.15, 0.2) is 41.3 Å². The van der Waals surface area contributed by atoms with Gasteiger partial charge in [0.1, 0.15) is 0 Å². The molecule has 0 heterocycles. The van der Waals surface area contributed by atoms with Crippen molar-refractivity contribution in [2.75, 3.05) is 27.6 Å². The summed E-state index contributed by atoms with van der Waals surface area (Å²) in [4.78, 5) is 1.25. The third-order valence-corrected chi connectivity index (χ3v) is 4.01. The van der Waals surface area contributed by atoms with Crippen LogP contribution in [0.2, 0.25) is 0 Å². The first-order chi connectivity index (χ1) is 10.7. The summed E-state index contributed by atoms with van der Waals surface area (Å²) >= 11 is 1.73. The smallest absolute Gasteiger partial charge is 0.203 e. The Labute approximate surface area is 135 Å². The molecule has 2 rings (SSSR count). The first kappa shape index (κ1) is 16.3. The van der Waals surface area contributed by atoms with E-state index in [2.05, 4.69) is 36.6 Å². The molecule has 2 aromatic carbocycles. The fraction of sp³-hybridized carbons (Fsp3) is 0.222. The van der Waals surface area contributed by atoms with Crippen LogP contribution in [-0.2, 0) is 0 Å². The second-order valence-electron chi connectivity index (χ2n) is 4.57. The zero-order chi connectivity index (χ0) is 15.9. The van der Waals surface area contributed by atoms with Crippen LogP contribution in [0.5, 0.6) is 17.2 Å². The van der Waals surface area contributed by atoms with E-state index < -0.39 is 0 Å². The highest BCUT2D eigenvalue weighted by molar-refractivity contribution is 7.98. The van der Waals surface area contributed by atoms with Crippen LogP contribution in [0, 0.1) is 0 Å². The van der Waals surface area contributed by atoms with Crippen LogP contribution >= 0.6 is 11.8 Å². The van der Waals surface area contributed by atoms with Crippen LogP contribution in [0.4, 0.5) is 0 Å². The largest absolute Gasteiger partial charge is 0.493 e. The summed E-state index contributed by atoms with van der Waals surface area (Å²) in [6.45, 7) is 0. The first-order valence-corrected chi connectivity index (χ1v) is 8.06. The highest BCUT2D eigenvalue weighted by Gasteiger charge is 2.11. The average molecular weight is 316 g/mol. The summed E-state index contributed by atoms with van der Waals surface area (Å²) in [5.74, 6) is 1.91. The predicted octanol–water partition coefficient (Wildman–Crippen LogP) is 4.60. The van der Waals surface area contributed by atoms with Crippen molar-refractivity contribution in [3.63, 3.8) is 0 Å². The minimum atomic E-state index is 0.603. The van der Waals surface area contributed by atoms with Gasteiger partial charge in [-0.25, -0.2) is 0 Å². The van der Waals surface area contributed by atoms with Crippen molar-refractivity contribution in [1.29, 1.82) is 0 Å². The molecule has 0 unspecified atom stereocenters. The molecule has 0 N–H and O–H groups in total. The van der Waals surface area contributed by atoms with E-state index in [4.69, 9.17) is 14.2 Å². The van der Waals surface area contributed by atoms with E-state index in [1.165, 1.54) is 4.90 Å². The lowest BCUT2D eigenvalue weighted by Gasteiger charge is -2.12. The minimum Gasteiger partial charge on any atom is -0.493 e. The van der Waals surface area contributed by atoms with E-state index in [-0.39, 0.29) is 0 Å². The Bertz CT molecular complexity index is 623. The molecule has 116 valence electrons. The van der Waals surface area contributed by atoms with Gasteiger partial charge in [-0.3, -0.25) is 0 Å². The molecule has 0 spiro atoms. The van der Waals surface area contributed by atoms with Gasteiger partial charge in [-0.05, 0) is 41.6 Å². The molecular weight excluding hydrogens is 296 g/mol. The molecule has 3 nitrogen and oxygen atoms in total. The third kappa shape index (κ3) is 3.77. The van der Waals surface area contributed by atoms with Gasteiger partial charge in [0.15, 0.2) is 11.5 Å². The Morgan fingerprint density at radius 1 is 0.773 bits per heavy atom. The molecule has 0 saturated heterocycles. The van der Waals surface area contributed by atoms with Crippen LogP contribution in [0.25, 0.3) is 12.2 Å². The lowest BCUT2D eigenvalue weighted by atomic mass is 10.1. The second-order valence-corrected chi connectivity index (χ2v) is 5.44. The van der Waals surface area contributed by atoms with Gasteiger partial charge in [0.25, 0.3) is 0 Å². The van der Waals surface area contributed by atoms with Crippen LogP contribution in [-0.4, -0.2) is 27.6 Å². The Morgan fingerprint density at radius 3 is 1.77 bits per heavy atom. The molecule has 0 atom stereocenters. The minimum absolute atomic E-state index is 0.603. The Hall–Kier alpha value is -2.07. The Morgan fingerprint density at radius 2 is 1.32 bits per heavy atom. The zero-order valence-electron chi connectivity index (χ0n) is 13.3. The second kappa shape index (κ2) is 7.80. The molecule has 4 heteroatoms. The van der Waals surface area contributed by atoms with E-state index in [1.807, 2.05) is 18.2 Å². The first-order valence-electron chi connectivity index (χ1n) is 6.84. The standard InChI is InChI=1S/C18H20O3S/c1-19-16-11-14(12-17(20-2)18(16)21-3)6-5-13-7-9-15(22-4)10-8-13/h5-12H,1-4H3/b6-5+. The van der Waals surface area contributed by atoms with E-state index in [0.29, 0.717) is 17.2 Å². The molecule has 0 saturated carbocycles. The van der Waals surface area contributed by atoms with Crippen molar-refractivity contribution in [3.05, 3.63) is 47.5 Å². The molecule has 0 bridgehead atoms. The molecule has 0 aliphatic heterocycles. The summed E-state index contributed by atoms with van der Waals surface area (Å²) in [5.41, 5.74) is 2.13. The summed E-state index contributed by atoms with van der Waals surface area (Å²) in [6.07, 6.45) is 6.16. The molecule has 0 aliphatic rings. The maximum Gasteiger partial charge on any atom is 0.203 e. The van der Waals surface area contributed by atoms with Gasteiger partial charge in [-0.2, -0.15) is 0 Å². The number of hydrogen-bond acceptors (Lipinski definition) is 4. The maximum absolute atomic E-state index is 5.36. The van der Waals surface area contributed by atoms with E-state index >= 15 is 0 Å². The van der Waals surface area contributed by atoms with Gasteiger partial charge in [0.05, 0.1) is 21.3 Å². The van der Waals surface area contributed by atoms with Crippen LogP contribution < -0.4 is 14.2 Å². The average Bonchev–Trinajstić information content (AvgIpc) is 2.59. The number of hydrogen-bond donors (Lipinski definition) is 0. The Kier molecular flexibility index (Phi) is 5.78. The van der Waals surface area contributed by atoms with E-state index in [0.717, 1.165) is 11.1 Å². The highest BCUT2D eigenvalue weighted by Crippen LogP contribution is 2.38. The molecule has 0 fully saturated rings. The Balaban J connectivity index is 2.29. The van der Waals surface area contributed by atoms with Gasteiger partial charge in [0, 0.05) is 4.90 Å². The molecule has 2 aromatic rings. The summed E-state index contributed by atoms with van der Waals surface area (Å²) < 4.78 is 16.0. The van der Waals surface area contributed by atoms with Crippen molar-refractivity contribution in [2.45, 2.75) is 4.90 Å². The molecule has 0 radical (unpaired) electrons. The molecule has 22 heavy (non-hydrogen) atoms. The van der Waals surface area contributed by atoms with Crippen molar-refractivity contribution in [1.82, 2.24) is 0 Å². The van der Waals surface area contributed by atoms with Gasteiger partial charge < -0.3 is 14.2 Å². The number of rotatable bonds is 6. The zero-order valence-corrected chi connectivity index (χ0v) is 14.1. The van der Waals surface area contributed by atoms with Crippen molar-refractivity contribution in [2.24, 2.45) is 0 Å². The van der Waals surface area contributed by atoms with Crippen molar-refractivity contribution >= 4 is 23.9 Å². The molecule has 0 aromatic heterocycles. The fourth-order valence-corrected chi connectivity index (χ4v) is 2.51. The molecule has 0 amide bonds. The summed E-state index contributed by atoms with van der Waals surface area (Å²) in [5, 5.41) is 0. The monoisotopic (exact) mass is 316 g/mol. The summed E-state index contributed by atoms with van der Waals surface area (Å²) in [7, 11) is 4.83. The van der Waals surface area contributed by atoms with Gasteiger partial charge >= 0.3 is 0 Å². The molecular formula is C18H20O3S. The SMILES string of the molecule is COc1cc(/C=C/c2ccc(SC)cc2)cc(OC)c1OC. The number of methoxy groups -OCH3 is 3. The maximum atomic E-state index is 5.36. The van der Waals surface area contributed by atoms with E-state index in [9.17, 15) is 0 Å². The lowest BCUT2D eigenvalue weighted by Crippen LogP contribution is -1.95. The van der Waals surface area contributed by atoms with Crippen LogP contribution in [0.3, 0.4) is 0 Å². The third-order valence-electron chi connectivity index (χ3n) is 3.27. The number of thioether (sulfide) groups is 1.